The summed E-state index contributed by atoms with van der Waals surface area (Å²) < 4.78 is 10.6. The molecular formula is C19H26IN3O2. The van der Waals surface area contributed by atoms with E-state index in [2.05, 4.69) is 15.6 Å². The standard InChI is InChI=1S/C19H25N3O2.HI/c1-4-20-19(21-13-15-8-7-10-17(12-15)23-2)22-14-16-9-5-6-11-18(16)24-3;/h5-12H,4,13-14H2,1-3H3,(H2,20,21,22);1H. The van der Waals surface area contributed by atoms with Crippen LogP contribution in [0.25, 0.3) is 0 Å². The second-order valence-electron chi connectivity index (χ2n) is 5.21. The quantitative estimate of drug-likeness (QED) is 0.381. The Hall–Kier alpha value is -1.96. The zero-order chi connectivity index (χ0) is 17.2. The van der Waals surface area contributed by atoms with Crippen molar-refractivity contribution in [3.05, 3.63) is 59.7 Å². The molecule has 0 saturated heterocycles. The second kappa shape index (κ2) is 11.6. The van der Waals surface area contributed by atoms with Crippen LogP contribution in [0.3, 0.4) is 0 Å². The molecule has 0 spiro atoms. The van der Waals surface area contributed by atoms with E-state index in [1.54, 1.807) is 14.2 Å². The van der Waals surface area contributed by atoms with E-state index < -0.39 is 0 Å². The molecule has 6 heteroatoms. The Labute approximate surface area is 166 Å². The molecular weight excluding hydrogens is 429 g/mol. The highest BCUT2D eigenvalue weighted by atomic mass is 127. The Morgan fingerprint density at radius 3 is 2.52 bits per heavy atom. The topological polar surface area (TPSA) is 54.9 Å². The van der Waals surface area contributed by atoms with Crippen molar-refractivity contribution in [3.8, 4) is 11.5 Å². The monoisotopic (exact) mass is 455 g/mol. The minimum absolute atomic E-state index is 0. The Balaban J connectivity index is 0.00000312. The Bertz CT molecular complexity index is 677. The van der Waals surface area contributed by atoms with E-state index >= 15 is 0 Å². The van der Waals surface area contributed by atoms with Crippen LogP contribution < -0.4 is 20.1 Å². The number of ether oxygens (including phenoxy) is 2. The smallest absolute Gasteiger partial charge is 0.191 e. The maximum absolute atomic E-state index is 5.38. The Kier molecular flexibility index (Phi) is 9.76. The lowest BCUT2D eigenvalue weighted by molar-refractivity contribution is 0.409. The van der Waals surface area contributed by atoms with Gasteiger partial charge in [-0.15, -0.1) is 24.0 Å². The molecule has 2 N–H and O–H groups in total. The highest BCUT2D eigenvalue weighted by Gasteiger charge is 2.03. The SMILES string of the molecule is CCNC(=NCc1cccc(OC)c1)NCc1ccccc1OC.I. The van der Waals surface area contributed by atoms with Gasteiger partial charge < -0.3 is 20.1 Å². The minimum atomic E-state index is 0. The number of aliphatic imine (C=N–C) groups is 1. The number of para-hydroxylation sites is 1. The average molecular weight is 455 g/mol. The number of hydrogen-bond donors (Lipinski definition) is 2. The third-order valence-corrected chi connectivity index (χ3v) is 3.54. The summed E-state index contributed by atoms with van der Waals surface area (Å²) in [6.07, 6.45) is 0. The molecule has 0 fully saturated rings. The zero-order valence-corrected chi connectivity index (χ0v) is 17.2. The average Bonchev–Trinajstić information content (AvgIpc) is 2.64. The van der Waals surface area contributed by atoms with E-state index in [1.807, 2.05) is 55.5 Å². The molecule has 0 amide bonds. The normalized spacial score (nSPS) is 10.6. The minimum Gasteiger partial charge on any atom is -0.497 e. The lowest BCUT2D eigenvalue weighted by Crippen LogP contribution is -2.36. The van der Waals surface area contributed by atoms with Gasteiger partial charge >= 0.3 is 0 Å². The Morgan fingerprint density at radius 1 is 1.00 bits per heavy atom. The van der Waals surface area contributed by atoms with Crippen LogP contribution in [0.15, 0.2) is 53.5 Å². The van der Waals surface area contributed by atoms with Gasteiger partial charge in [0.15, 0.2) is 5.96 Å². The van der Waals surface area contributed by atoms with Crippen LogP contribution >= 0.6 is 24.0 Å². The fraction of sp³-hybridized carbons (Fsp3) is 0.316. The molecule has 0 heterocycles. The van der Waals surface area contributed by atoms with Crippen LogP contribution in [0.5, 0.6) is 11.5 Å². The zero-order valence-electron chi connectivity index (χ0n) is 14.9. The van der Waals surface area contributed by atoms with E-state index in [0.29, 0.717) is 13.1 Å². The number of nitrogens with one attached hydrogen (secondary N) is 2. The number of benzene rings is 2. The molecule has 5 nitrogen and oxygen atoms in total. The number of halogens is 1. The Morgan fingerprint density at radius 2 is 1.80 bits per heavy atom. The molecule has 0 radical (unpaired) electrons. The van der Waals surface area contributed by atoms with Gasteiger partial charge in [-0.1, -0.05) is 30.3 Å². The molecule has 0 aliphatic rings. The predicted molar refractivity (Wildman–Crippen MR) is 113 cm³/mol. The first kappa shape index (κ1) is 21.1. The van der Waals surface area contributed by atoms with E-state index in [1.165, 1.54) is 0 Å². The number of hydrogen-bond acceptors (Lipinski definition) is 3. The van der Waals surface area contributed by atoms with Crippen LogP contribution in [0.1, 0.15) is 18.1 Å². The van der Waals surface area contributed by atoms with Gasteiger partial charge in [-0.3, -0.25) is 0 Å². The third-order valence-electron chi connectivity index (χ3n) is 3.54. The van der Waals surface area contributed by atoms with E-state index in [0.717, 1.165) is 35.1 Å². The van der Waals surface area contributed by atoms with Crippen LogP contribution in [0, 0.1) is 0 Å². The molecule has 136 valence electrons. The molecule has 2 aromatic rings. The molecule has 0 aliphatic carbocycles. The van der Waals surface area contributed by atoms with Crippen molar-refractivity contribution in [2.24, 2.45) is 4.99 Å². The molecule has 25 heavy (non-hydrogen) atoms. The van der Waals surface area contributed by atoms with Crippen molar-refractivity contribution in [3.63, 3.8) is 0 Å². The molecule has 0 aliphatic heterocycles. The summed E-state index contributed by atoms with van der Waals surface area (Å²) in [6, 6.07) is 15.9. The maximum atomic E-state index is 5.38. The summed E-state index contributed by atoms with van der Waals surface area (Å²) in [4.78, 5) is 4.63. The van der Waals surface area contributed by atoms with Gasteiger partial charge in [-0.05, 0) is 30.7 Å². The fourth-order valence-corrected chi connectivity index (χ4v) is 2.31. The maximum Gasteiger partial charge on any atom is 0.191 e. The number of methoxy groups -OCH3 is 2. The van der Waals surface area contributed by atoms with Gasteiger partial charge in [0, 0.05) is 18.7 Å². The second-order valence-corrected chi connectivity index (χ2v) is 5.21. The van der Waals surface area contributed by atoms with Crippen LogP contribution in [-0.4, -0.2) is 26.7 Å². The first-order valence-electron chi connectivity index (χ1n) is 8.03. The van der Waals surface area contributed by atoms with E-state index in [-0.39, 0.29) is 24.0 Å². The molecule has 0 saturated carbocycles. The molecule has 2 aromatic carbocycles. The lowest BCUT2D eigenvalue weighted by Gasteiger charge is -2.13. The van der Waals surface area contributed by atoms with Crippen LogP contribution in [-0.2, 0) is 13.1 Å². The summed E-state index contributed by atoms with van der Waals surface area (Å²) in [7, 11) is 3.35. The fourth-order valence-electron chi connectivity index (χ4n) is 2.31. The van der Waals surface area contributed by atoms with Gasteiger partial charge in [-0.2, -0.15) is 0 Å². The van der Waals surface area contributed by atoms with Crippen molar-refractivity contribution in [2.75, 3.05) is 20.8 Å². The molecule has 2 rings (SSSR count). The van der Waals surface area contributed by atoms with Crippen molar-refractivity contribution < 1.29 is 9.47 Å². The van der Waals surface area contributed by atoms with Gasteiger partial charge in [-0.25, -0.2) is 4.99 Å². The van der Waals surface area contributed by atoms with Crippen molar-refractivity contribution in [2.45, 2.75) is 20.0 Å². The van der Waals surface area contributed by atoms with Crippen molar-refractivity contribution in [1.82, 2.24) is 10.6 Å². The summed E-state index contributed by atoms with van der Waals surface area (Å²) >= 11 is 0. The van der Waals surface area contributed by atoms with Gasteiger partial charge in [0.2, 0.25) is 0 Å². The molecule has 0 atom stereocenters. The summed E-state index contributed by atoms with van der Waals surface area (Å²) in [5.41, 5.74) is 2.19. The highest BCUT2D eigenvalue weighted by Crippen LogP contribution is 2.16. The van der Waals surface area contributed by atoms with Gasteiger partial charge in [0.05, 0.1) is 20.8 Å². The summed E-state index contributed by atoms with van der Waals surface area (Å²) in [5.74, 6) is 2.48. The summed E-state index contributed by atoms with van der Waals surface area (Å²) in [6.45, 7) is 4.08. The van der Waals surface area contributed by atoms with E-state index in [4.69, 9.17) is 9.47 Å². The predicted octanol–water partition coefficient (Wildman–Crippen LogP) is 3.58. The highest BCUT2D eigenvalue weighted by molar-refractivity contribution is 14.0. The first-order valence-corrected chi connectivity index (χ1v) is 8.03. The number of nitrogens with zero attached hydrogens (tertiary/aromatic N) is 1. The third kappa shape index (κ3) is 6.81. The first-order chi connectivity index (χ1) is 11.8. The summed E-state index contributed by atoms with van der Waals surface area (Å²) in [5, 5.41) is 6.59. The van der Waals surface area contributed by atoms with Crippen molar-refractivity contribution in [1.29, 1.82) is 0 Å². The van der Waals surface area contributed by atoms with Crippen LogP contribution in [0.4, 0.5) is 0 Å². The lowest BCUT2D eigenvalue weighted by atomic mass is 10.2. The number of guanidine groups is 1. The van der Waals surface area contributed by atoms with Crippen LogP contribution in [0.2, 0.25) is 0 Å². The largest absolute Gasteiger partial charge is 0.497 e. The van der Waals surface area contributed by atoms with Gasteiger partial charge in [0.1, 0.15) is 11.5 Å². The molecule has 0 unspecified atom stereocenters. The van der Waals surface area contributed by atoms with Gasteiger partial charge in [0.25, 0.3) is 0 Å². The number of rotatable bonds is 7. The van der Waals surface area contributed by atoms with Crippen molar-refractivity contribution >= 4 is 29.9 Å². The molecule has 0 bridgehead atoms. The molecule has 0 aromatic heterocycles. The van der Waals surface area contributed by atoms with E-state index in [9.17, 15) is 0 Å².